The number of imide groups is 1. The maximum absolute atomic E-state index is 11.8. The van der Waals surface area contributed by atoms with Gasteiger partial charge in [0.2, 0.25) is 5.91 Å². The summed E-state index contributed by atoms with van der Waals surface area (Å²) < 4.78 is 1.87. The number of nitrogens with zero attached hydrogens (tertiary/aromatic N) is 3. The van der Waals surface area contributed by atoms with E-state index in [1.165, 1.54) is 11.8 Å². The molecular formula is C15H19N5O2S. The van der Waals surface area contributed by atoms with Gasteiger partial charge in [-0.2, -0.15) is 0 Å². The summed E-state index contributed by atoms with van der Waals surface area (Å²) in [5, 5.41) is 13.4. The number of thioether (sulfide) groups is 1. The fourth-order valence-electron chi connectivity index (χ4n) is 1.80. The van der Waals surface area contributed by atoms with Crippen LogP contribution in [0, 0.1) is 0 Å². The summed E-state index contributed by atoms with van der Waals surface area (Å²) in [5.74, 6) is -0.275. The largest absolute Gasteiger partial charge is 0.334 e. The van der Waals surface area contributed by atoms with E-state index in [0.29, 0.717) is 11.7 Å². The van der Waals surface area contributed by atoms with E-state index in [1.54, 1.807) is 6.33 Å². The Kier molecular flexibility index (Phi) is 6.16. The van der Waals surface area contributed by atoms with E-state index in [1.807, 2.05) is 48.7 Å². The van der Waals surface area contributed by atoms with Crippen molar-refractivity contribution in [1.82, 2.24) is 25.4 Å². The van der Waals surface area contributed by atoms with Crippen molar-refractivity contribution < 1.29 is 9.59 Å². The van der Waals surface area contributed by atoms with Crippen LogP contribution in [0.15, 0.2) is 41.8 Å². The Morgan fingerprint density at radius 2 is 2.00 bits per heavy atom. The Morgan fingerprint density at radius 1 is 1.26 bits per heavy atom. The van der Waals surface area contributed by atoms with Crippen LogP contribution in [0.4, 0.5) is 4.79 Å². The van der Waals surface area contributed by atoms with Crippen molar-refractivity contribution in [3.8, 4) is 0 Å². The molecule has 2 aromatic rings. The Bertz CT molecular complexity index is 657. The van der Waals surface area contributed by atoms with Crippen LogP contribution in [0.2, 0.25) is 0 Å². The third kappa shape index (κ3) is 5.41. The molecule has 1 aromatic heterocycles. The molecule has 0 atom stereocenters. The summed E-state index contributed by atoms with van der Waals surface area (Å²) in [5.41, 5.74) is 0.967. The Balaban J connectivity index is 1.74. The van der Waals surface area contributed by atoms with E-state index in [2.05, 4.69) is 20.8 Å². The maximum Gasteiger partial charge on any atom is 0.321 e. The van der Waals surface area contributed by atoms with Crippen molar-refractivity contribution >= 4 is 23.7 Å². The lowest BCUT2D eigenvalue weighted by Gasteiger charge is -2.09. The van der Waals surface area contributed by atoms with Crippen molar-refractivity contribution in [2.75, 3.05) is 5.75 Å². The maximum atomic E-state index is 11.8. The molecule has 0 aliphatic rings. The molecule has 7 nitrogen and oxygen atoms in total. The monoisotopic (exact) mass is 333 g/mol. The first-order valence-electron chi connectivity index (χ1n) is 7.20. The molecule has 0 spiro atoms. The lowest BCUT2D eigenvalue weighted by molar-refractivity contribution is -0.117. The molecule has 0 saturated carbocycles. The smallest absolute Gasteiger partial charge is 0.321 e. The summed E-state index contributed by atoms with van der Waals surface area (Å²) in [4.78, 5) is 23.5. The minimum atomic E-state index is -0.509. The van der Waals surface area contributed by atoms with Gasteiger partial charge in [-0.25, -0.2) is 4.79 Å². The minimum Gasteiger partial charge on any atom is -0.334 e. The van der Waals surface area contributed by atoms with Gasteiger partial charge in [0.25, 0.3) is 0 Å². The Morgan fingerprint density at radius 3 is 2.70 bits per heavy atom. The number of nitrogens with one attached hydrogen (secondary N) is 2. The van der Waals surface area contributed by atoms with Crippen molar-refractivity contribution in [2.24, 2.45) is 0 Å². The zero-order chi connectivity index (χ0) is 16.7. The lowest BCUT2D eigenvalue weighted by atomic mass is 10.2. The second-order valence-corrected chi connectivity index (χ2v) is 6.06. The van der Waals surface area contributed by atoms with Crippen molar-refractivity contribution in [3.63, 3.8) is 0 Å². The quantitative estimate of drug-likeness (QED) is 0.789. The van der Waals surface area contributed by atoms with Crippen LogP contribution in [0.3, 0.4) is 0 Å². The van der Waals surface area contributed by atoms with E-state index in [0.717, 1.165) is 5.56 Å². The third-order valence-electron chi connectivity index (χ3n) is 2.98. The van der Waals surface area contributed by atoms with E-state index in [-0.39, 0.29) is 17.7 Å². The van der Waals surface area contributed by atoms with Gasteiger partial charge in [0.05, 0.1) is 5.75 Å². The van der Waals surface area contributed by atoms with Gasteiger partial charge in [-0.15, -0.1) is 10.2 Å². The second kappa shape index (κ2) is 8.33. The molecule has 3 amide bonds. The summed E-state index contributed by atoms with van der Waals surface area (Å²) in [6, 6.07) is 9.19. The molecule has 0 radical (unpaired) electrons. The molecule has 0 fully saturated rings. The zero-order valence-corrected chi connectivity index (χ0v) is 13.8. The van der Waals surface area contributed by atoms with Gasteiger partial charge < -0.3 is 9.88 Å². The number of rotatable bonds is 6. The molecule has 8 heteroatoms. The highest BCUT2D eigenvalue weighted by Gasteiger charge is 2.12. The first-order valence-corrected chi connectivity index (χ1v) is 8.18. The number of amides is 3. The topological polar surface area (TPSA) is 88.9 Å². The molecule has 0 aliphatic carbocycles. The molecule has 2 rings (SSSR count). The lowest BCUT2D eigenvalue weighted by Crippen LogP contribution is -2.40. The number of aromatic nitrogens is 3. The molecule has 2 N–H and O–H groups in total. The van der Waals surface area contributed by atoms with Crippen LogP contribution < -0.4 is 10.6 Å². The molecule has 0 saturated heterocycles. The first-order chi connectivity index (χ1) is 11.1. The fraction of sp³-hybridized carbons (Fsp3) is 0.333. The zero-order valence-electron chi connectivity index (χ0n) is 13.0. The predicted molar refractivity (Wildman–Crippen MR) is 88.0 cm³/mol. The molecular weight excluding hydrogens is 314 g/mol. The number of hydrogen-bond acceptors (Lipinski definition) is 5. The normalized spacial score (nSPS) is 10.6. The predicted octanol–water partition coefficient (Wildman–Crippen LogP) is 1.98. The standard InChI is InChI=1S/C15H19N5O2S/c1-11(2)20-10-17-19-15(20)23-9-13(21)18-14(22)16-8-12-6-4-3-5-7-12/h3-7,10-11H,8-9H2,1-2H3,(H2,16,18,21,22). The Hall–Kier alpha value is -2.35. The van der Waals surface area contributed by atoms with E-state index in [9.17, 15) is 9.59 Å². The minimum absolute atomic E-state index is 0.101. The van der Waals surface area contributed by atoms with Crippen LogP contribution in [-0.4, -0.2) is 32.5 Å². The van der Waals surface area contributed by atoms with Gasteiger partial charge >= 0.3 is 6.03 Å². The van der Waals surface area contributed by atoms with Crippen molar-refractivity contribution in [3.05, 3.63) is 42.2 Å². The number of urea groups is 1. The number of benzene rings is 1. The van der Waals surface area contributed by atoms with Gasteiger partial charge in [0.1, 0.15) is 6.33 Å². The molecule has 0 aliphatic heterocycles. The fourth-order valence-corrected chi connectivity index (χ4v) is 2.65. The summed E-state index contributed by atoms with van der Waals surface area (Å²) in [6.07, 6.45) is 1.62. The van der Waals surface area contributed by atoms with Gasteiger partial charge in [-0.3, -0.25) is 10.1 Å². The molecule has 23 heavy (non-hydrogen) atoms. The van der Waals surface area contributed by atoms with Crippen LogP contribution >= 0.6 is 11.8 Å². The first kappa shape index (κ1) is 17.0. The van der Waals surface area contributed by atoms with E-state index in [4.69, 9.17) is 0 Å². The summed E-state index contributed by atoms with van der Waals surface area (Å²) >= 11 is 1.24. The Labute approximate surface area is 138 Å². The highest BCUT2D eigenvalue weighted by molar-refractivity contribution is 7.99. The van der Waals surface area contributed by atoms with Gasteiger partial charge in [0.15, 0.2) is 5.16 Å². The van der Waals surface area contributed by atoms with Gasteiger partial charge in [0, 0.05) is 12.6 Å². The third-order valence-corrected chi connectivity index (χ3v) is 3.93. The van der Waals surface area contributed by atoms with E-state index < -0.39 is 6.03 Å². The van der Waals surface area contributed by atoms with Crippen LogP contribution in [-0.2, 0) is 11.3 Å². The summed E-state index contributed by atoms with van der Waals surface area (Å²) in [6.45, 7) is 4.38. The average molecular weight is 333 g/mol. The van der Waals surface area contributed by atoms with Crippen LogP contribution in [0.25, 0.3) is 0 Å². The van der Waals surface area contributed by atoms with Gasteiger partial charge in [-0.05, 0) is 19.4 Å². The van der Waals surface area contributed by atoms with Crippen molar-refractivity contribution in [2.45, 2.75) is 31.6 Å². The molecule has 0 bridgehead atoms. The number of hydrogen-bond donors (Lipinski definition) is 2. The van der Waals surface area contributed by atoms with Gasteiger partial charge in [-0.1, -0.05) is 42.1 Å². The molecule has 122 valence electrons. The second-order valence-electron chi connectivity index (χ2n) is 5.12. The molecule has 1 heterocycles. The molecule has 1 aromatic carbocycles. The van der Waals surface area contributed by atoms with Crippen molar-refractivity contribution in [1.29, 1.82) is 0 Å². The number of carbonyl (C=O) groups is 2. The van der Waals surface area contributed by atoms with Crippen LogP contribution in [0.1, 0.15) is 25.5 Å². The SMILES string of the molecule is CC(C)n1cnnc1SCC(=O)NC(=O)NCc1ccccc1. The number of carbonyl (C=O) groups excluding carboxylic acids is 2. The van der Waals surface area contributed by atoms with Crippen LogP contribution in [0.5, 0.6) is 0 Å². The average Bonchev–Trinajstić information content (AvgIpc) is 3.01. The highest BCUT2D eigenvalue weighted by atomic mass is 32.2. The summed E-state index contributed by atoms with van der Waals surface area (Å²) in [7, 11) is 0. The molecule has 0 unspecified atom stereocenters. The van der Waals surface area contributed by atoms with E-state index >= 15 is 0 Å². The highest BCUT2D eigenvalue weighted by Crippen LogP contribution is 2.18.